The van der Waals surface area contributed by atoms with E-state index in [1.165, 1.54) is 9.71 Å². The summed E-state index contributed by atoms with van der Waals surface area (Å²) in [5, 5.41) is 1.25. The largest absolute Gasteiger partial charge is 0.341 e. The van der Waals surface area contributed by atoms with Gasteiger partial charge in [-0.05, 0) is 55.4 Å². The zero-order valence-corrected chi connectivity index (χ0v) is 22.7. The number of amides is 2. The normalized spacial score (nSPS) is 21.1. The zero-order valence-electron chi connectivity index (χ0n) is 21.9. The summed E-state index contributed by atoms with van der Waals surface area (Å²) in [6.45, 7) is 4.53. The summed E-state index contributed by atoms with van der Waals surface area (Å²) in [5.74, 6) is 0.520. The Balaban J connectivity index is 1.32. The fourth-order valence-electron chi connectivity index (χ4n) is 5.77. The van der Waals surface area contributed by atoms with Crippen LogP contribution in [-0.4, -0.2) is 79.3 Å². The Hall–Kier alpha value is -3.17. The molecule has 3 fully saturated rings. The van der Waals surface area contributed by atoms with E-state index in [2.05, 4.69) is 11.8 Å². The Morgan fingerprint density at radius 2 is 1.55 bits per heavy atom. The third-order valence-corrected chi connectivity index (χ3v) is 9.75. The maximum Gasteiger partial charge on any atom is 0.250 e. The molecule has 2 aromatic rings. The van der Waals surface area contributed by atoms with Crippen molar-refractivity contribution in [3.8, 4) is 0 Å². The van der Waals surface area contributed by atoms with E-state index < -0.39 is 15.6 Å². The molecule has 0 unspecified atom stereocenters. The lowest BCUT2D eigenvalue weighted by molar-refractivity contribution is -0.141. The van der Waals surface area contributed by atoms with Crippen molar-refractivity contribution in [2.75, 3.05) is 44.3 Å². The van der Waals surface area contributed by atoms with Crippen molar-refractivity contribution in [3.63, 3.8) is 0 Å². The molecule has 0 N–H and O–H groups in total. The van der Waals surface area contributed by atoms with Crippen LogP contribution in [0.2, 0.25) is 0 Å². The molecule has 0 bridgehead atoms. The number of rotatable bonds is 6. The lowest BCUT2D eigenvalue weighted by Crippen LogP contribution is -2.57. The fraction of sp³-hybridized carbons (Fsp3) is 0.448. The van der Waals surface area contributed by atoms with Crippen LogP contribution < -0.4 is 4.90 Å². The van der Waals surface area contributed by atoms with Crippen LogP contribution in [0.3, 0.4) is 0 Å². The monoisotopic (exact) mass is 536 g/mol. The molecule has 2 aromatic carbocycles. The molecule has 8 nitrogen and oxygen atoms in total. The molecule has 1 spiro atoms. The summed E-state index contributed by atoms with van der Waals surface area (Å²) in [6.07, 6.45) is 4.31. The first-order valence-electron chi connectivity index (χ1n) is 13.4. The van der Waals surface area contributed by atoms with Gasteiger partial charge >= 0.3 is 0 Å². The smallest absolute Gasteiger partial charge is 0.250 e. The minimum absolute atomic E-state index is 0.0126. The molecule has 0 radical (unpaired) electrons. The highest BCUT2D eigenvalue weighted by Gasteiger charge is 2.55. The number of likely N-dealkylation sites (tertiary alicyclic amines) is 1. The third kappa shape index (κ3) is 5.35. The predicted molar refractivity (Wildman–Crippen MR) is 148 cm³/mol. The van der Waals surface area contributed by atoms with Crippen molar-refractivity contribution >= 4 is 33.6 Å². The summed E-state index contributed by atoms with van der Waals surface area (Å²) in [6, 6.07) is 19.1. The number of sulfonamides is 1. The van der Waals surface area contributed by atoms with Gasteiger partial charge in [0.05, 0.1) is 6.67 Å². The maximum atomic E-state index is 13.9. The van der Waals surface area contributed by atoms with Gasteiger partial charge in [0.2, 0.25) is 21.8 Å². The summed E-state index contributed by atoms with van der Waals surface area (Å²) in [7, 11) is -3.63. The number of carbonyl (C=O) groups is 2. The Morgan fingerprint density at radius 1 is 0.947 bits per heavy atom. The van der Waals surface area contributed by atoms with Crippen molar-refractivity contribution in [1.29, 1.82) is 0 Å². The lowest BCUT2D eigenvalue weighted by atomic mass is 9.86. The van der Waals surface area contributed by atoms with Gasteiger partial charge in [0.1, 0.15) is 12.1 Å². The van der Waals surface area contributed by atoms with Gasteiger partial charge in [-0.2, -0.15) is 4.31 Å². The molecule has 3 aliphatic heterocycles. The van der Waals surface area contributed by atoms with E-state index in [0.717, 1.165) is 37.2 Å². The number of anilines is 1. The van der Waals surface area contributed by atoms with Gasteiger partial charge in [0, 0.05) is 37.3 Å². The molecule has 2 amide bonds. The standard InChI is InChI=1S/C29H36N4O4S/c1-24-12-17-30(18-13-24)27(34)22-31-23-33(26-10-6-3-7-11-26)29(28(31)35)15-19-32(20-16-29)38(36,37)21-14-25-8-4-2-5-9-25/h2-11,14,21,24H,12-13,15-20,22-23H2,1H3. The molecule has 202 valence electrons. The summed E-state index contributed by atoms with van der Waals surface area (Å²) in [4.78, 5) is 32.7. The highest BCUT2D eigenvalue weighted by Crippen LogP contribution is 2.40. The third-order valence-electron chi connectivity index (χ3n) is 8.19. The van der Waals surface area contributed by atoms with Crippen molar-refractivity contribution in [2.45, 2.75) is 38.1 Å². The van der Waals surface area contributed by atoms with E-state index in [-0.39, 0.29) is 31.4 Å². The van der Waals surface area contributed by atoms with Crippen molar-refractivity contribution in [1.82, 2.24) is 14.1 Å². The average Bonchev–Trinajstić information content (AvgIpc) is 3.19. The second-order valence-corrected chi connectivity index (χ2v) is 12.5. The van der Waals surface area contributed by atoms with Crippen LogP contribution in [0, 0.1) is 5.92 Å². The quantitative estimate of drug-likeness (QED) is 0.566. The minimum Gasteiger partial charge on any atom is -0.341 e. The van der Waals surface area contributed by atoms with Gasteiger partial charge in [-0.3, -0.25) is 9.59 Å². The first kappa shape index (κ1) is 26.4. The molecule has 3 aliphatic rings. The average molecular weight is 537 g/mol. The van der Waals surface area contributed by atoms with E-state index in [4.69, 9.17) is 0 Å². The Labute approximate surface area is 225 Å². The van der Waals surface area contributed by atoms with E-state index in [1.54, 1.807) is 11.0 Å². The Bertz CT molecular complexity index is 1270. The van der Waals surface area contributed by atoms with Gasteiger partial charge < -0.3 is 14.7 Å². The Kier molecular flexibility index (Phi) is 7.59. The number of hydrogen-bond donors (Lipinski definition) is 0. The van der Waals surface area contributed by atoms with Gasteiger partial charge in [-0.25, -0.2) is 8.42 Å². The molecule has 0 aliphatic carbocycles. The maximum absolute atomic E-state index is 13.9. The van der Waals surface area contributed by atoms with Gasteiger partial charge in [0.25, 0.3) is 0 Å². The molecule has 9 heteroatoms. The van der Waals surface area contributed by atoms with Crippen LogP contribution in [-0.2, 0) is 19.6 Å². The molecule has 0 aromatic heterocycles. The molecule has 0 saturated carbocycles. The molecule has 38 heavy (non-hydrogen) atoms. The Morgan fingerprint density at radius 3 is 2.18 bits per heavy atom. The molecule has 0 atom stereocenters. The first-order valence-corrected chi connectivity index (χ1v) is 14.9. The number of benzene rings is 2. The van der Waals surface area contributed by atoms with Gasteiger partial charge in [-0.1, -0.05) is 55.5 Å². The van der Waals surface area contributed by atoms with E-state index in [9.17, 15) is 18.0 Å². The highest BCUT2D eigenvalue weighted by atomic mass is 32.2. The fourth-order valence-corrected chi connectivity index (χ4v) is 6.96. The van der Waals surface area contributed by atoms with E-state index in [1.807, 2.05) is 65.6 Å². The summed E-state index contributed by atoms with van der Waals surface area (Å²) in [5.41, 5.74) is 0.852. The van der Waals surface area contributed by atoms with Gasteiger partial charge in [0.15, 0.2) is 0 Å². The van der Waals surface area contributed by atoms with Crippen LogP contribution in [0.5, 0.6) is 0 Å². The number of nitrogens with zero attached hydrogens (tertiary/aromatic N) is 4. The second kappa shape index (κ2) is 10.9. The van der Waals surface area contributed by atoms with Crippen LogP contribution in [0.4, 0.5) is 5.69 Å². The van der Waals surface area contributed by atoms with Gasteiger partial charge in [-0.15, -0.1) is 0 Å². The van der Waals surface area contributed by atoms with E-state index in [0.29, 0.717) is 25.4 Å². The van der Waals surface area contributed by atoms with Crippen molar-refractivity contribution < 1.29 is 18.0 Å². The van der Waals surface area contributed by atoms with Crippen LogP contribution >= 0.6 is 0 Å². The molecule has 3 saturated heterocycles. The number of para-hydroxylation sites is 1. The van der Waals surface area contributed by atoms with Crippen LogP contribution in [0.1, 0.15) is 38.2 Å². The number of hydrogen-bond acceptors (Lipinski definition) is 5. The number of carbonyl (C=O) groups excluding carboxylic acids is 2. The molecular weight excluding hydrogens is 500 g/mol. The molecule has 5 rings (SSSR count). The second-order valence-electron chi connectivity index (χ2n) is 10.7. The molecule has 3 heterocycles. The van der Waals surface area contributed by atoms with Crippen LogP contribution in [0.15, 0.2) is 66.1 Å². The summed E-state index contributed by atoms with van der Waals surface area (Å²) < 4.78 is 27.6. The van der Waals surface area contributed by atoms with E-state index >= 15 is 0 Å². The first-order chi connectivity index (χ1) is 18.3. The predicted octanol–water partition coefficient (Wildman–Crippen LogP) is 3.39. The summed E-state index contributed by atoms with van der Waals surface area (Å²) >= 11 is 0. The minimum atomic E-state index is -3.63. The number of piperidine rings is 2. The molecular formula is C29H36N4O4S. The zero-order chi connectivity index (χ0) is 26.8. The SMILES string of the molecule is CC1CCN(C(=O)CN2CN(c3ccccc3)C3(CCN(S(=O)(=O)C=Cc4ccccc4)CC3)C2=O)CC1. The van der Waals surface area contributed by atoms with Crippen molar-refractivity contribution in [2.24, 2.45) is 5.92 Å². The highest BCUT2D eigenvalue weighted by molar-refractivity contribution is 7.92. The lowest BCUT2D eigenvalue weighted by Gasteiger charge is -2.42. The van der Waals surface area contributed by atoms with Crippen LogP contribution in [0.25, 0.3) is 6.08 Å². The topological polar surface area (TPSA) is 81.2 Å². The van der Waals surface area contributed by atoms with Crippen molar-refractivity contribution in [3.05, 3.63) is 71.6 Å².